The quantitative estimate of drug-likeness (QED) is 0.651. The van der Waals surface area contributed by atoms with Gasteiger partial charge in [0.05, 0.1) is 16.3 Å². The maximum atomic E-state index is 13.1. The Morgan fingerprint density at radius 3 is 2.93 bits per heavy atom. The molecule has 1 saturated heterocycles. The highest BCUT2D eigenvalue weighted by molar-refractivity contribution is 7.89. The molecule has 1 fully saturated rings. The number of carbonyl (C=O) groups is 1. The molecule has 1 atom stereocenters. The summed E-state index contributed by atoms with van der Waals surface area (Å²) in [6.45, 7) is 0.795. The van der Waals surface area contributed by atoms with Gasteiger partial charge in [-0.3, -0.25) is 14.3 Å². The second-order valence-electron chi connectivity index (χ2n) is 7.34. The number of benzene rings is 1. The predicted octanol–water partition coefficient (Wildman–Crippen LogP) is 1.24. The third-order valence-corrected chi connectivity index (χ3v) is 7.21. The summed E-state index contributed by atoms with van der Waals surface area (Å²) in [5.41, 5.74) is 1.61. The van der Waals surface area contributed by atoms with Crippen LogP contribution in [0.4, 0.5) is 0 Å². The molecule has 0 spiro atoms. The van der Waals surface area contributed by atoms with Gasteiger partial charge in [-0.1, -0.05) is 6.07 Å². The fraction of sp³-hybridized carbons (Fsp3) is 0.350. The van der Waals surface area contributed by atoms with Gasteiger partial charge in [-0.25, -0.2) is 13.2 Å². The zero-order chi connectivity index (χ0) is 21.3. The number of hydrogen-bond donors (Lipinski definition) is 1. The van der Waals surface area contributed by atoms with Gasteiger partial charge >= 0.3 is 5.76 Å². The van der Waals surface area contributed by atoms with Crippen molar-refractivity contribution >= 4 is 27.0 Å². The Labute approximate surface area is 173 Å². The average molecular weight is 430 g/mol. The number of amides is 1. The number of fused-ring (bicyclic) bond motifs is 1. The van der Waals surface area contributed by atoms with E-state index in [0.717, 1.165) is 5.56 Å². The molecule has 2 aromatic heterocycles. The van der Waals surface area contributed by atoms with E-state index in [2.05, 4.69) is 10.3 Å². The van der Waals surface area contributed by atoms with Crippen molar-refractivity contribution in [1.29, 1.82) is 0 Å². The van der Waals surface area contributed by atoms with Crippen LogP contribution in [0.25, 0.3) is 11.1 Å². The Kier molecular flexibility index (Phi) is 5.44. The molecule has 9 nitrogen and oxygen atoms in total. The summed E-state index contributed by atoms with van der Waals surface area (Å²) in [7, 11) is -2.26. The normalized spacial score (nSPS) is 17.8. The van der Waals surface area contributed by atoms with E-state index in [1.54, 1.807) is 31.6 Å². The first-order valence-electron chi connectivity index (χ1n) is 9.62. The number of hydrogen-bond acceptors (Lipinski definition) is 6. The highest BCUT2D eigenvalue weighted by Gasteiger charge is 2.33. The molecule has 158 valence electrons. The highest BCUT2D eigenvalue weighted by Crippen LogP contribution is 2.26. The molecule has 1 aliphatic heterocycles. The molecule has 30 heavy (non-hydrogen) atoms. The second kappa shape index (κ2) is 8.04. The molecule has 3 aromatic rings. The minimum absolute atomic E-state index is 0.0424. The SMILES string of the molecule is Cn1c(=O)oc2cc(S(=O)(=O)N3CCC[C@H](C(=O)NCc4cccnc4)C3)ccc21. The summed E-state index contributed by atoms with van der Waals surface area (Å²) in [5, 5.41) is 2.86. The van der Waals surface area contributed by atoms with Crippen LogP contribution in [0.15, 0.2) is 56.8 Å². The van der Waals surface area contributed by atoms with Gasteiger partial charge in [0.25, 0.3) is 0 Å². The van der Waals surface area contributed by atoms with Crippen LogP contribution in [-0.4, -0.2) is 41.3 Å². The summed E-state index contributed by atoms with van der Waals surface area (Å²) in [6, 6.07) is 8.02. The number of oxazole rings is 1. The third-order valence-electron chi connectivity index (χ3n) is 5.35. The van der Waals surface area contributed by atoms with E-state index in [1.165, 1.54) is 21.0 Å². The van der Waals surface area contributed by atoms with Crippen molar-refractivity contribution in [3.8, 4) is 0 Å². The van der Waals surface area contributed by atoms with Gasteiger partial charge in [0.1, 0.15) is 0 Å². The lowest BCUT2D eigenvalue weighted by Gasteiger charge is -2.31. The van der Waals surface area contributed by atoms with Crippen LogP contribution in [-0.2, 0) is 28.4 Å². The summed E-state index contributed by atoms with van der Waals surface area (Å²) in [6.07, 6.45) is 4.55. The number of nitrogens with one attached hydrogen (secondary N) is 1. The van der Waals surface area contributed by atoms with Crippen LogP contribution in [0.1, 0.15) is 18.4 Å². The molecule has 10 heteroatoms. The van der Waals surface area contributed by atoms with Gasteiger partial charge in [-0.15, -0.1) is 0 Å². The lowest BCUT2D eigenvalue weighted by molar-refractivity contribution is -0.126. The summed E-state index contributed by atoms with van der Waals surface area (Å²) in [5.74, 6) is -1.16. The van der Waals surface area contributed by atoms with Crippen LogP contribution in [0.2, 0.25) is 0 Å². The number of carbonyl (C=O) groups excluding carboxylic acids is 1. The Bertz CT molecular complexity index is 1230. The van der Waals surface area contributed by atoms with E-state index in [0.29, 0.717) is 31.4 Å². The first-order chi connectivity index (χ1) is 14.4. The molecular weight excluding hydrogens is 408 g/mol. The summed E-state index contributed by atoms with van der Waals surface area (Å²) < 4.78 is 34.0. The topological polar surface area (TPSA) is 115 Å². The number of nitrogens with zero attached hydrogens (tertiary/aromatic N) is 3. The van der Waals surface area contributed by atoms with E-state index in [9.17, 15) is 18.0 Å². The molecule has 3 heterocycles. The standard InChI is InChI=1S/C20H22N4O5S/c1-23-17-7-6-16(10-18(17)29-20(23)26)30(27,28)24-9-3-5-15(13-24)19(25)22-12-14-4-2-8-21-11-14/h2,4,6-8,10-11,15H,3,5,9,12-13H2,1H3,(H,22,25)/t15-/m0/s1. The molecule has 0 radical (unpaired) electrons. The van der Waals surface area contributed by atoms with Gasteiger partial charge in [-0.2, -0.15) is 4.31 Å². The monoisotopic (exact) mass is 430 g/mol. The highest BCUT2D eigenvalue weighted by atomic mass is 32.2. The minimum Gasteiger partial charge on any atom is -0.408 e. The number of rotatable bonds is 5. The third kappa shape index (κ3) is 3.88. The van der Waals surface area contributed by atoms with E-state index < -0.39 is 21.7 Å². The van der Waals surface area contributed by atoms with Gasteiger partial charge in [0.15, 0.2) is 5.58 Å². The number of aromatic nitrogens is 2. The van der Waals surface area contributed by atoms with Crippen molar-refractivity contribution < 1.29 is 17.6 Å². The van der Waals surface area contributed by atoms with E-state index >= 15 is 0 Å². The Morgan fingerprint density at radius 1 is 1.33 bits per heavy atom. The molecule has 0 bridgehead atoms. The molecule has 1 amide bonds. The smallest absolute Gasteiger partial charge is 0.408 e. The summed E-state index contributed by atoms with van der Waals surface area (Å²) in [4.78, 5) is 28.3. The first-order valence-corrected chi connectivity index (χ1v) is 11.1. The molecule has 1 aromatic carbocycles. The van der Waals surface area contributed by atoms with Crippen LogP contribution in [0.5, 0.6) is 0 Å². The van der Waals surface area contributed by atoms with Crippen molar-refractivity contribution in [1.82, 2.24) is 19.2 Å². The van der Waals surface area contributed by atoms with Crippen LogP contribution in [0.3, 0.4) is 0 Å². The van der Waals surface area contributed by atoms with Crippen LogP contribution < -0.4 is 11.1 Å². The molecule has 4 rings (SSSR count). The van der Waals surface area contributed by atoms with Crippen molar-refractivity contribution in [2.45, 2.75) is 24.3 Å². The van der Waals surface area contributed by atoms with E-state index in [4.69, 9.17) is 4.42 Å². The molecule has 0 aliphatic carbocycles. The van der Waals surface area contributed by atoms with E-state index in [1.807, 2.05) is 6.07 Å². The van der Waals surface area contributed by atoms with Crippen molar-refractivity contribution in [3.05, 3.63) is 58.8 Å². The van der Waals surface area contributed by atoms with Gasteiger partial charge in [0.2, 0.25) is 15.9 Å². The number of sulfonamides is 1. The first kappa shape index (κ1) is 20.3. The minimum atomic E-state index is -3.82. The van der Waals surface area contributed by atoms with Crippen molar-refractivity contribution in [2.24, 2.45) is 13.0 Å². The second-order valence-corrected chi connectivity index (χ2v) is 9.28. The van der Waals surface area contributed by atoms with Crippen molar-refractivity contribution in [2.75, 3.05) is 13.1 Å². The van der Waals surface area contributed by atoms with E-state index in [-0.39, 0.29) is 22.9 Å². The maximum absolute atomic E-state index is 13.1. The fourth-order valence-corrected chi connectivity index (χ4v) is 5.17. The largest absolute Gasteiger partial charge is 0.419 e. The maximum Gasteiger partial charge on any atom is 0.419 e. The number of piperidine rings is 1. The fourth-order valence-electron chi connectivity index (χ4n) is 3.63. The Hall–Kier alpha value is -2.98. The number of aryl methyl sites for hydroxylation is 1. The van der Waals surface area contributed by atoms with Gasteiger partial charge < -0.3 is 9.73 Å². The Morgan fingerprint density at radius 2 is 2.17 bits per heavy atom. The zero-order valence-electron chi connectivity index (χ0n) is 16.4. The summed E-state index contributed by atoms with van der Waals surface area (Å²) >= 11 is 0. The zero-order valence-corrected chi connectivity index (χ0v) is 17.3. The molecular formula is C20H22N4O5S. The molecule has 0 saturated carbocycles. The average Bonchev–Trinajstić information content (AvgIpc) is 3.06. The molecule has 1 N–H and O–H groups in total. The van der Waals surface area contributed by atoms with Gasteiger partial charge in [-0.05, 0) is 36.6 Å². The molecule has 0 unspecified atom stereocenters. The predicted molar refractivity (Wildman–Crippen MR) is 109 cm³/mol. The van der Waals surface area contributed by atoms with Gasteiger partial charge in [0, 0.05) is 45.1 Å². The number of pyridine rings is 1. The Balaban J connectivity index is 1.49. The lowest BCUT2D eigenvalue weighted by Crippen LogP contribution is -2.45. The van der Waals surface area contributed by atoms with Crippen LogP contribution in [0, 0.1) is 5.92 Å². The van der Waals surface area contributed by atoms with Crippen LogP contribution >= 0.6 is 0 Å². The lowest BCUT2D eigenvalue weighted by atomic mass is 9.99. The molecule has 1 aliphatic rings. The van der Waals surface area contributed by atoms with Crippen molar-refractivity contribution in [3.63, 3.8) is 0 Å².